The van der Waals surface area contributed by atoms with Gasteiger partial charge in [-0.2, -0.15) is 0 Å². The Hall–Kier alpha value is -0.0800. The molecule has 0 spiro atoms. The van der Waals surface area contributed by atoms with E-state index in [1.54, 1.807) is 0 Å². The van der Waals surface area contributed by atoms with Crippen molar-refractivity contribution in [1.82, 2.24) is 0 Å². The van der Waals surface area contributed by atoms with Crippen LogP contribution in [0.5, 0.6) is 0 Å². The molecule has 0 aliphatic rings. The van der Waals surface area contributed by atoms with Crippen LogP contribution in [0.2, 0.25) is 0 Å². The molecule has 0 aromatic heterocycles. The van der Waals surface area contributed by atoms with Gasteiger partial charge < -0.3 is 9.47 Å². The second-order valence-corrected chi connectivity index (χ2v) is 6.03. The third-order valence-electron chi connectivity index (χ3n) is 3.51. The van der Waals surface area contributed by atoms with Crippen molar-refractivity contribution in [2.24, 2.45) is 0 Å². The molecule has 19 heavy (non-hydrogen) atoms. The zero-order valence-electron chi connectivity index (χ0n) is 13.8. The first-order chi connectivity index (χ1) is 9.12. The molecule has 0 N–H and O–H groups in total. The molecule has 0 fully saturated rings. The van der Waals surface area contributed by atoms with Crippen LogP contribution in [0.15, 0.2) is 0 Å². The lowest BCUT2D eigenvalue weighted by atomic mass is 9.99. The van der Waals surface area contributed by atoms with Crippen LogP contribution in [0.4, 0.5) is 0 Å². The Morgan fingerprint density at radius 1 is 0.737 bits per heavy atom. The highest BCUT2D eigenvalue weighted by Gasteiger charge is 2.17. The lowest BCUT2D eigenvalue weighted by Gasteiger charge is -2.25. The summed E-state index contributed by atoms with van der Waals surface area (Å²) in [5.74, 6) is 0. The number of ether oxygens (including phenoxy) is 2. The van der Waals surface area contributed by atoms with Crippen molar-refractivity contribution in [3.8, 4) is 0 Å². The van der Waals surface area contributed by atoms with E-state index in [1.807, 2.05) is 6.92 Å². The third-order valence-corrected chi connectivity index (χ3v) is 3.51. The Labute approximate surface area is 121 Å². The minimum Gasteiger partial charge on any atom is -0.382 e. The molecule has 0 unspecified atom stereocenters. The maximum Gasteiger partial charge on any atom is 0.0626 e. The van der Waals surface area contributed by atoms with Gasteiger partial charge in [-0.25, -0.2) is 0 Å². The van der Waals surface area contributed by atoms with Crippen LogP contribution in [0.3, 0.4) is 0 Å². The van der Waals surface area contributed by atoms with Gasteiger partial charge in [-0.3, -0.25) is 0 Å². The normalized spacial score (nSPS) is 12.0. The highest BCUT2D eigenvalue weighted by Crippen LogP contribution is 2.19. The molecule has 2 heteroatoms. The minimum atomic E-state index is 0.0373. The van der Waals surface area contributed by atoms with Crippen LogP contribution < -0.4 is 0 Å². The maximum atomic E-state index is 5.94. The smallest absolute Gasteiger partial charge is 0.0626 e. The van der Waals surface area contributed by atoms with E-state index >= 15 is 0 Å². The molecule has 0 aliphatic carbocycles. The Balaban J connectivity index is 3.35. The molecule has 0 saturated heterocycles. The van der Waals surface area contributed by atoms with E-state index in [9.17, 15) is 0 Å². The van der Waals surface area contributed by atoms with Gasteiger partial charge in [-0.05, 0) is 33.6 Å². The Bertz CT molecular complexity index is 178. The lowest BCUT2D eigenvalue weighted by molar-refractivity contribution is -0.0331. The van der Waals surface area contributed by atoms with Crippen LogP contribution in [-0.2, 0) is 9.47 Å². The third kappa shape index (κ3) is 14.1. The van der Waals surface area contributed by atoms with Crippen molar-refractivity contribution < 1.29 is 9.47 Å². The van der Waals surface area contributed by atoms with E-state index in [2.05, 4.69) is 20.8 Å². The average molecular weight is 272 g/mol. The molecular formula is C17H36O2. The molecular weight excluding hydrogens is 236 g/mol. The molecule has 0 radical (unpaired) electrons. The average Bonchev–Trinajstić information content (AvgIpc) is 2.37. The fraction of sp³-hybridized carbons (Fsp3) is 1.00. The molecule has 0 rings (SSSR count). The maximum absolute atomic E-state index is 5.94. The Morgan fingerprint density at radius 2 is 1.37 bits per heavy atom. The van der Waals surface area contributed by atoms with Crippen LogP contribution in [0.25, 0.3) is 0 Å². The van der Waals surface area contributed by atoms with Crippen molar-refractivity contribution >= 4 is 0 Å². The quantitative estimate of drug-likeness (QED) is 0.397. The fourth-order valence-corrected chi connectivity index (χ4v) is 2.23. The summed E-state index contributed by atoms with van der Waals surface area (Å²) in [6.45, 7) is 11.2. The van der Waals surface area contributed by atoms with E-state index in [4.69, 9.17) is 9.47 Å². The predicted molar refractivity (Wildman–Crippen MR) is 83.8 cm³/mol. The van der Waals surface area contributed by atoms with Crippen molar-refractivity contribution in [2.45, 2.75) is 91.1 Å². The summed E-state index contributed by atoms with van der Waals surface area (Å²) in [6.07, 6.45) is 11.8. The monoisotopic (exact) mass is 272 g/mol. The predicted octanol–water partition coefficient (Wildman–Crippen LogP) is 5.35. The van der Waals surface area contributed by atoms with E-state index in [0.29, 0.717) is 0 Å². The second-order valence-electron chi connectivity index (χ2n) is 6.03. The first-order valence-corrected chi connectivity index (χ1v) is 8.34. The van der Waals surface area contributed by atoms with E-state index < -0.39 is 0 Å². The van der Waals surface area contributed by atoms with E-state index in [-0.39, 0.29) is 5.60 Å². The lowest BCUT2D eigenvalue weighted by Crippen LogP contribution is -2.25. The summed E-state index contributed by atoms with van der Waals surface area (Å²) >= 11 is 0. The molecule has 0 aromatic carbocycles. The fourth-order valence-electron chi connectivity index (χ4n) is 2.23. The molecule has 116 valence electrons. The summed E-state index contributed by atoms with van der Waals surface area (Å²) in [6, 6.07) is 0. The topological polar surface area (TPSA) is 18.5 Å². The zero-order chi connectivity index (χ0) is 14.4. The highest BCUT2D eigenvalue weighted by atomic mass is 16.5. The molecule has 0 aromatic rings. The number of unbranched alkanes of at least 4 members (excludes halogenated alkanes) is 6. The Morgan fingerprint density at radius 3 is 2.00 bits per heavy atom. The highest BCUT2D eigenvalue weighted by molar-refractivity contribution is 4.68. The van der Waals surface area contributed by atoms with Gasteiger partial charge in [-0.1, -0.05) is 51.9 Å². The Kier molecular flexibility index (Phi) is 12.9. The first kappa shape index (κ1) is 18.9. The van der Waals surface area contributed by atoms with Gasteiger partial charge in [0.05, 0.1) is 5.60 Å². The second kappa shape index (κ2) is 12.9. The molecule has 0 bridgehead atoms. The van der Waals surface area contributed by atoms with Crippen molar-refractivity contribution in [2.75, 3.05) is 19.8 Å². The van der Waals surface area contributed by atoms with Gasteiger partial charge >= 0.3 is 0 Å². The summed E-state index contributed by atoms with van der Waals surface area (Å²) in [5.41, 5.74) is 0.0373. The van der Waals surface area contributed by atoms with Gasteiger partial charge in [0.2, 0.25) is 0 Å². The molecule has 0 atom stereocenters. The van der Waals surface area contributed by atoms with E-state index in [1.165, 1.54) is 51.4 Å². The SMILES string of the molecule is CCCCCCCCCC(C)(C)OCCCOCC. The van der Waals surface area contributed by atoms with Gasteiger partial charge in [0.15, 0.2) is 0 Å². The number of hydrogen-bond donors (Lipinski definition) is 0. The van der Waals surface area contributed by atoms with E-state index in [0.717, 1.165) is 26.2 Å². The van der Waals surface area contributed by atoms with Crippen molar-refractivity contribution in [3.05, 3.63) is 0 Å². The molecule has 0 aliphatic heterocycles. The minimum absolute atomic E-state index is 0.0373. The van der Waals surface area contributed by atoms with Crippen LogP contribution >= 0.6 is 0 Å². The summed E-state index contributed by atoms with van der Waals surface area (Å²) < 4.78 is 11.3. The summed E-state index contributed by atoms with van der Waals surface area (Å²) in [7, 11) is 0. The standard InChI is InChI=1S/C17H36O2/c1-5-7-8-9-10-11-12-14-17(3,4)19-16-13-15-18-6-2/h5-16H2,1-4H3. The van der Waals surface area contributed by atoms with Crippen LogP contribution in [0, 0.1) is 0 Å². The van der Waals surface area contributed by atoms with Gasteiger partial charge in [0.25, 0.3) is 0 Å². The zero-order valence-corrected chi connectivity index (χ0v) is 13.8. The van der Waals surface area contributed by atoms with Gasteiger partial charge in [0.1, 0.15) is 0 Å². The molecule has 0 amide bonds. The van der Waals surface area contributed by atoms with Crippen LogP contribution in [0.1, 0.15) is 85.5 Å². The molecule has 2 nitrogen and oxygen atoms in total. The van der Waals surface area contributed by atoms with Crippen LogP contribution in [-0.4, -0.2) is 25.4 Å². The number of hydrogen-bond acceptors (Lipinski definition) is 2. The molecule has 0 heterocycles. The van der Waals surface area contributed by atoms with Crippen molar-refractivity contribution in [3.63, 3.8) is 0 Å². The largest absolute Gasteiger partial charge is 0.382 e. The van der Waals surface area contributed by atoms with Crippen molar-refractivity contribution in [1.29, 1.82) is 0 Å². The van der Waals surface area contributed by atoms with Gasteiger partial charge in [-0.15, -0.1) is 0 Å². The number of rotatable bonds is 14. The van der Waals surface area contributed by atoms with Gasteiger partial charge in [0, 0.05) is 19.8 Å². The first-order valence-electron chi connectivity index (χ1n) is 8.34. The molecule has 0 saturated carbocycles. The summed E-state index contributed by atoms with van der Waals surface area (Å²) in [4.78, 5) is 0. The summed E-state index contributed by atoms with van der Waals surface area (Å²) in [5, 5.41) is 0.